The van der Waals surface area contributed by atoms with Gasteiger partial charge in [0.2, 0.25) is 5.82 Å². The van der Waals surface area contributed by atoms with Gasteiger partial charge in [-0.15, -0.1) is 0 Å². The highest BCUT2D eigenvalue weighted by molar-refractivity contribution is 6.31. The quantitative estimate of drug-likeness (QED) is 0.735. The van der Waals surface area contributed by atoms with E-state index in [0.717, 1.165) is 6.42 Å². The highest BCUT2D eigenvalue weighted by Gasteiger charge is 2.21. The molecule has 128 valence electrons. The second-order valence-corrected chi connectivity index (χ2v) is 5.90. The van der Waals surface area contributed by atoms with E-state index in [4.69, 9.17) is 11.6 Å². The molecule has 0 aliphatic carbocycles. The minimum absolute atomic E-state index is 0.181. The van der Waals surface area contributed by atoms with Crippen LogP contribution in [0.5, 0.6) is 0 Å². The van der Waals surface area contributed by atoms with Crippen LogP contribution in [0.3, 0.4) is 0 Å². The third-order valence-corrected chi connectivity index (χ3v) is 3.82. The number of nitrogens with one attached hydrogen (secondary N) is 2. The highest BCUT2D eigenvalue weighted by atomic mass is 35.5. The van der Waals surface area contributed by atoms with Gasteiger partial charge in [-0.1, -0.05) is 30.7 Å². The Kier molecular flexibility index (Phi) is 5.00. The summed E-state index contributed by atoms with van der Waals surface area (Å²) < 4.78 is 1.61. The molecule has 2 aromatic heterocycles. The van der Waals surface area contributed by atoms with E-state index in [2.05, 4.69) is 15.6 Å². The highest BCUT2D eigenvalue weighted by Crippen LogP contribution is 2.18. The van der Waals surface area contributed by atoms with E-state index in [0.29, 0.717) is 22.8 Å². The second-order valence-electron chi connectivity index (χ2n) is 5.46. The van der Waals surface area contributed by atoms with Crippen molar-refractivity contribution in [2.75, 3.05) is 11.9 Å². The van der Waals surface area contributed by atoms with E-state index >= 15 is 0 Å². The Morgan fingerprint density at radius 2 is 2.00 bits per heavy atom. The molecule has 0 fully saturated rings. The third kappa shape index (κ3) is 3.64. The Morgan fingerprint density at radius 3 is 2.76 bits per heavy atom. The number of carbonyl (C=O) groups is 2. The van der Waals surface area contributed by atoms with Crippen LogP contribution in [-0.2, 0) is 0 Å². The molecule has 3 aromatic rings. The van der Waals surface area contributed by atoms with Crippen molar-refractivity contribution >= 4 is 34.6 Å². The maximum absolute atomic E-state index is 12.6. The van der Waals surface area contributed by atoms with Crippen molar-refractivity contribution < 1.29 is 9.59 Å². The number of benzene rings is 1. The number of nitrogens with zero attached hydrogens (tertiary/aromatic N) is 2. The number of hydrogen-bond donors (Lipinski definition) is 2. The molecule has 2 N–H and O–H groups in total. The molecular weight excluding hydrogens is 340 g/mol. The van der Waals surface area contributed by atoms with Crippen LogP contribution in [0.4, 0.5) is 5.69 Å². The summed E-state index contributed by atoms with van der Waals surface area (Å²) in [5.74, 6) is -0.536. The average Bonchev–Trinajstić information content (AvgIpc) is 2.99. The lowest BCUT2D eigenvalue weighted by Crippen LogP contribution is -2.26. The fourth-order valence-corrected chi connectivity index (χ4v) is 2.63. The summed E-state index contributed by atoms with van der Waals surface area (Å²) in [5.41, 5.74) is 1.30. The number of pyridine rings is 1. The number of halogens is 1. The molecule has 0 saturated heterocycles. The van der Waals surface area contributed by atoms with Crippen molar-refractivity contribution in [2.45, 2.75) is 13.3 Å². The van der Waals surface area contributed by atoms with Gasteiger partial charge in [0.15, 0.2) is 5.69 Å². The monoisotopic (exact) mass is 356 g/mol. The maximum Gasteiger partial charge on any atom is 0.287 e. The van der Waals surface area contributed by atoms with E-state index in [1.54, 1.807) is 53.1 Å². The van der Waals surface area contributed by atoms with Crippen LogP contribution < -0.4 is 10.6 Å². The molecule has 0 aliphatic heterocycles. The van der Waals surface area contributed by atoms with Gasteiger partial charge in [0, 0.05) is 23.5 Å². The van der Waals surface area contributed by atoms with Crippen molar-refractivity contribution in [1.82, 2.24) is 14.7 Å². The molecule has 2 amide bonds. The number of imidazole rings is 1. The largest absolute Gasteiger partial charge is 0.349 e. The Balaban J connectivity index is 1.96. The molecule has 0 spiro atoms. The predicted molar refractivity (Wildman–Crippen MR) is 97.2 cm³/mol. The SMILES string of the molecule is CCCNC(=O)c1nc(C(=O)Nc2cccc(Cl)c2)c2ccccn12. The van der Waals surface area contributed by atoms with Crippen LogP contribution in [0.15, 0.2) is 48.7 Å². The molecule has 0 unspecified atom stereocenters. The van der Waals surface area contributed by atoms with Crippen LogP contribution >= 0.6 is 11.6 Å². The van der Waals surface area contributed by atoms with Crippen LogP contribution in [0.2, 0.25) is 5.02 Å². The van der Waals surface area contributed by atoms with Gasteiger partial charge < -0.3 is 10.6 Å². The van der Waals surface area contributed by atoms with E-state index in [-0.39, 0.29) is 17.4 Å². The van der Waals surface area contributed by atoms with Crippen molar-refractivity contribution in [3.05, 3.63) is 65.2 Å². The molecule has 1 aromatic carbocycles. The molecule has 6 nitrogen and oxygen atoms in total. The van der Waals surface area contributed by atoms with Gasteiger partial charge in [-0.2, -0.15) is 0 Å². The van der Waals surface area contributed by atoms with E-state index in [9.17, 15) is 9.59 Å². The number of aromatic nitrogens is 2. The molecule has 0 radical (unpaired) electrons. The maximum atomic E-state index is 12.6. The smallest absolute Gasteiger partial charge is 0.287 e. The van der Waals surface area contributed by atoms with Gasteiger partial charge in [0.25, 0.3) is 11.8 Å². The van der Waals surface area contributed by atoms with Crippen molar-refractivity contribution in [3.63, 3.8) is 0 Å². The molecule has 25 heavy (non-hydrogen) atoms. The topological polar surface area (TPSA) is 75.5 Å². The number of rotatable bonds is 5. The minimum Gasteiger partial charge on any atom is -0.349 e. The normalized spacial score (nSPS) is 10.6. The molecule has 0 aliphatic rings. The van der Waals surface area contributed by atoms with Crippen molar-refractivity contribution in [3.8, 4) is 0 Å². The lowest BCUT2D eigenvalue weighted by atomic mass is 10.3. The van der Waals surface area contributed by atoms with Gasteiger partial charge >= 0.3 is 0 Å². The Hall–Kier alpha value is -2.86. The number of fused-ring (bicyclic) bond motifs is 1. The zero-order valence-electron chi connectivity index (χ0n) is 13.6. The summed E-state index contributed by atoms with van der Waals surface area (Å²) in [5, 5.41) is 6.05. The molecule has 0 atom stereocenters. The first kappa shape index (κ1) is 17.0. The number of carbonyl (C=O) groups excluding carboxylic acids is 2. The third-order valence-electron chi connectivity index (χ3n) is 3.58. The first-order valence-electron chi connectivity index (χ1n) is 7.92. The predicted octanol–water partition coefficient (Wildman–Crippen LogP) is 3.38. The number of amides is 2. The van der Waals surface area contributed by atoms with E-state index in [1.807, 2.05) is 6.92 Å². The average molecular weight is 357 g/mol. The standard InChI is InChI=1S/C18H17ClN4O2/c1-2-9-20-18(25)16-22-15(14-8-3-4-10-23(14)16)17(24)21-13-7-5-6-12(19)11-13/h3-8,10-11H,2,9H2,1H3,(H,20,25)(H,21,24). The summed E-state index contributed by atoms with van der Waals surface area (Å²) in [6.07, 6.45) is 2.52. The fraction of sp³-hybridized carbons (Fsp3) is 0.167. The van der Waals surface area contributed by atoms with E-state index in [1.165, 1.54) is 0 Å². The van der Waals surface area contributed by atoms with Gasteiger partial charge in [0.05, 0.1) is 5.52 Å². The van der Waals surface area contributed by atoms with Crippen LogP contribution in [0, 0.1) is 0 Å². The number of hydrogen-bond acceptors (Lipinski definition) is 3. The fourth-order valence-electron chi connectivity index (χ4n) is 2.44. The summed E-state index contributed by atoms with van der Waals surface area (Å²) in [4.78, 5) is 29.2. The molecule has 3 rings (SSSR count). The lowest BCUT2D eigenvalue weighted by molar-refractivity contribution is 0.0942. The van der Waals surface area contributed by atoms with Gasteiger partial charge in [0.1, 0.15) is 0 Å². The minimum atomic E-state index is -0.402. The first-order chi connectivity index (χ1) is 12.1. The Bertz CT molecular complexity index is 936. The van der Waals surface area contributed by atoms with Gasteiger partial charge in [-0.05, 0) is 36.8 Å². The van der Waals surface area contributed by atoms with Gasteiger partial charge in [-0.3, -0.25) is 14.0 Å². The summed E-state index contributed by atoms with van der Waals surface area (Å²) in [6, 6.07) is 12.2. The number of anilines is 1. The van der Waals surface area contributed by atoms with Gasteiger partial charge in [-0.25, -0.2) is 4.98 Å². The molecule has 7 heteroatoms. The summed E-state index contributed by atoms with van der Waals surface area (Å²) in [7, 11) is 0. The first-order valence-corrected chi connectivity index (χ1v) is 8.30. The Morgan fingerprint density at radius 1 is 1.16 bits per heavy atom. The molecule has 0 saturated carbocycles. The molecular formula is C18H17ClN4O2. The Labute approximate surface area is 149 Å². The molecule has 2 heterocycles. The zero-order valence-corrected chi connectivity index (χ0v) is 14.4. The van der Waals surface area contributed by atoms with Crippen LogP contribution in [0.1, 0.15) is 34.5 Å². The second kappa shape index (κ2) is 7.36. The zero-order chi connectivity index (χ0) is 17.8. The van der Waals surface area contributed by atoms with Crippen LogP contribution in [-0.4, -0.2) is 27.7 Å². The summed E-state index contributed by atoms with van der Waals surface area (Å²) in [6.45, 7) is 2.51. The van der Waals surface area contributed by atoms with Crippen LogP contribution in [0.25, 0.3) is 5.52 Å². The molecule has 0 bridgehead atoms. The van der Waals surface area contributed by atoms with Crippen molar-refractivity contribution in [1.29, 1.82) is 0 Å². The summed E-state index contributed by atoms with van der Waals surface area (Å²) >= 11 is 5.94. The lowest BCUT2D eigenvalue weighted by Gasteiger charge is -2.03. The van der Waals surface area contributed by atoms with E-state index < -0.39 is 5.91 Å². The van der Waals surface area contributed by atoms with Crippen molar-refractivity contribution in [2.24, 2.45) is 0 Å².